The topological polar surface area (TPSA) is 112 Å². The van der Waals surface area contributed by atoms with Crippen molar-refractivity contribution in [1.29, 1.82) is 0 Å². The van der Waals surface area contributed by atoms with E-state index in [1.807, 2.05) is 47.4 Å². The van der Waals surface area contributed by atoms with Crippen LogP contribution in [-0.2, 0) is 4.79 Å². The van der Waals surface area contributed by atoms with Gasteiger partial charge in [-0.1, -0.05) is 6.07 Å². The molecule has 1 amide bonds. The molecule has 1 atom stereocenters. The van der Waals surface area contributed by atoms with Crippen LogP contribution in [-0.4, -0.2) is 84.8 Å². The lowest BCUT2D eigenvalue weighted by molar-refractivity contribution is -0.108. The summed E-state index contributed by atoms with van der Waals surface area (Å²) in [6.07, 6.45) is -1.03. The van der Waals surface area contributed by atoms with E-state index in [-0.39, 0.29) is 13.1 Å². The Hall–Kier alpha value is -3.17. The second-order valence-electron chi connectivity index (χ2n) is 7.05. The van der Waals surface area contributed by atoms with Crippen molar-refractivity contribution in [3.05, 3.63) is 42.5 Å². The van der Waals surface area contributed by atoms with Crippen LogP contribution in [0.1, 0.15) is 0 Å². The Morgan fingerprint density at radius 3 is 2.53 bits per heavy atom. The predicted molar refractivity (Wildman–Crippen MR) is 114 cm³/mol. The largest absolute Gasteiger partial charge is 0.497 e. The van der Waals surface area contributed by atoms with E-state index >= 15 is 0 Å². The fourth-order valence-electron chi connectivity index (χ4n) is 3.47. The van der Waals surface area contributed by atoms with E-state index in [1.165, 1.54) is 0 Å². The number of hydrogen-bond acceptors (Lipinski definition) is 7. The molecule has 0 aliphatic carbocycles. The number of carbonyl (C=O) groups is 2. The second-order valence-corrected chi connectivity index (χ2v) is 7.05. The molecule has 1 aliphatic heterocycles. The molecule has 0 spiro atoms. The summed E-state index contributed by atoms with van der Waals surface area (Å²) in [4.78, 5) is 31.9. The third-order valence-electron chi connectivity index (χ3n) is 5.20. The van der Waals surface area contributed by atoms with Crippen molar-refractivity contribution in [2.45, 2.75) is 6.17 Å². The molecular weight excluding hydrogens is 386 g/mol. The summed E-state index contributed by atoms with van der Waals surface area (Å²) < 4.78 is 5.21. The molecule has 2 heterocycles. The van der Waals surface area contributed by atoms with Crippen LogP contribution in [0.2, 0.25) is 0 Å². The van der Waals surface area contributed by atoms with Crippen LogP contribution < -0.4 is 15.4 Å². The monoisotopic (exact) mass is 413 g/mol. The second kappa shape index (κ2) is 10.0. The van der Waals surface area contributed by atoms with Crippen molar-refractivity contribution >= 4 is 18.2 Å². The van der Waals surface area contributed by atoms with Crippen LogP contribution in [0.4, 0.5) is 10.6 Å². The highest BCUT2D eigenvalue weighted by molar-refractivity contribution is 5.69. The normalized spacial score (nSPS) is 15.5. The van der Waals surface area contributed by atoms with E-state index in [9.17, 15) is 9.59 Å². The summed E-state index contributed by atoms with van der Waals surface area (Å²) in [7, 11) is 1.64. The summed E-state index contributed by atoms with van der Waals surface area (Å²) in [5.74, 6) is 1.70. The zero-order valence-electron chi connectivity index (χ0n) is 17.0. The number of amides is 1. The molecule has 30 heavy (non-hydrogen) atoms. The lowest BCUT2D eigenvalue weighted by atomic mass is 10.1. The zero-order chi connectivity index (χ0) is 21.5. The van der Waals surface area contributed by atoms with Gasteiger partial charge < -0.3 is 25.3 Å². The number of nitrogens with zero attached hydrogens (tertiary/aromatic N) is 4. The van der Waals surface area contributed by atoms with Crippen LogP contribution in [0.15, 0.2) is 42.5 Å². The molecule has 2 aromatic rings. The van der Waals surface area contributed by atoms with Crippen LogP contribution >= 0.6 is 0 Å². The fraction of sp³-hybridized carbons (Fsp3) is 0.381. The van der Waals surface area contributed by atoms with E-state index < -0.39 is 12.3 Å². The van der Waals surface area contributed by atoms with Gasteiger partial charge in [0.2, 0.25) is 0 Å². The number of benzene rings is 1. The maximum absolute atomic E-state index is 11.2. The third-order valence-corrected chi connectivity index (χ3v) is 5.20. The van der Waals surface area contributed by atoms with Crippen molar-refractivity contribution in [1.82, 2.24) is 14.8 Å². The van der Waals surface area contributed by atoms with Gasteiger partial charge in [-0.3, -0.25) is 9.80 Å². The van der Waals surface area contributed by atoms with Gasteiger partial charge in [0.15, 0.2) is 0 Å². The minimum absolute atomic E-state index is 0.0965. The van der Waals surface area contributed by atoms with Gasteiger partial charge in [0.05, 0.1) is 32.1 Å². The molecule has 9 heteroatoms. The molecule has 3 N–H and O–H groups in total. The minimum atomic E-state index is -1.14. The molecule has 9 nitrogen and oxygen atoms in total. The number of methoxy groups -OCH3 is 1. The molecule has 1 saturated heterocycles. The van der Waals surface area contributed by atoms with Crippen molar-refractivity contribution in [3.63, 3.8) is 0 Å². The first-order valence-electron chi connectivity index (χ1n) is 9.79. The number of piperazine rings is 1. The number of nitrogens with two attached hydrogens (primary N) is 1. The highest BCUT2D eigenvalue weighted by Crippen LogP contribution is 2.23. The zero-order valence-corrected chi connectivity index (χ0v) is 17.0. The van der Waals surface area contributed by atoms with Crippen molar-refractivity contribution < 1.29 is 19.4 Å². The number of aromatic nitrogens is 1. The number of carbonyl (C=O) groups excluding carboxylic acids is 1. The Balaban J connectivity index is 1.60. The van der Waals surface area contributed by atoms with Gasteiger partial charge in [-0.05, 0) is 36.4 Å². The van der Waals surface area contributed by atoms with Crippen molar-refractivity contribution in [2.24, 2.45) is 5.73 Å². The van der Waals surface area contributed by atoms with Gasteiger partial charge >= 0.3 is 6.09 Å². The Morgan fingerprint density at radius 1 is 1.23 bits per heavy atom. The number of ether oxygens (including phenoxy) is 1. The molecule has 0 bridgehead atoms. The molecule has 1 aromatic heterocycles. The summed E-state index contributed by atoms with van der Waals surface area (Å²) in [5, 5.41) is 9.16. The van der Waals surface area contributed by atoms with E-state index in [0.29, 0.717) is 19.4 Å². The molecule has 0 radical (unpaired) electrons. The molecule has 1 aliphatic rings. The molecular formula is C21H27N5O4. The smallest absolute Gasteiger partial charge is 0.407 e. The molecule has 1 unspecified atom stereocenters. The number of aldehydes is 1. The van der Waals surface area contributed by atoms with Gasteiger partial charge in [0.1, 0.15) is 17.9 Å². The minimum Gasteiger partial charge on any atom is -0.497 e. The molecule has 0 saturated carbocycles. The maximum atomic E-state index is 11.2. The average molecular weight is 413 g/mol. The summed E-state index contributed by atoms with van der Waals surface area (Å²) in [5.41, 5.74) is 8.09. The number of anilines is 1. The Morgan fingerprint density at radius 2 is 1.93 bits per heavy atom. The van der Waals surface area contributed by atoms with Crippen LogP contribution in [0, 0.1) is 0 Å². The molecule has 3 rings (SSSR count). The van der Waals surface area contributed by atoms with Gasteiger partial charge in [0.25, 0.3) is 0 Å². The van der Waals surface area contributed by atoms with Gasteiger partial charge in [-0.15, -0.1) is 0 Å². The first-order valence-corrected chi connectivity index (χ1v) is 9.79. The average Bonchev–Trinajstić information content (AvgIpc) is 2.79. The van der Waals surface area contributed by atoms with E-state index in [2.05, 4.69) is 4.90 Å². The predicted octanol–water partition coefficient (Wildman–Crippen LogP) is 1.34. The molecule has 1 fully saturated rings. The highest BCUT2D eigenvalue weighted by Gasteiger charge is 2.25. The van der Waals surface area contributed by atoms with Gasteiger partial charge in [0, 0.05) is 31.7 Å². The van der Waals surface area contributed by atoms with Gasteiger partial charge in [-0.25, -0.2) is 9.78 Å². The van der Waals surface area contributed by atoms with E-state index in [0.717, 1.165) is 40.8 Å². The lowest BCUT2D eigenvalue weighted by Crippen LogP contribution is -2.57. The highest BCUT2D eigenvalue weighted by atomic mass is 16.5. The number of hydrogen-bond donors (Lipinski definition) is 2. The van der Waals surface area contributed by atoms with E-state index in [4.69, 9.17) is 20.6 Å². The summed E-state index contributed by atoms with van der Waals surface area (Å²) >= 11 is 0. The van der Waals surface area contributed by atoms with Crippen molar-refractivity contribution in [2.75, 3.05) is 51.3 Å². The number of rotatable bonds is 8. The number of pyridine rings is 1. The Labute approximate surface area is 175 Å². The summed E-state index contributed by atoms with van der Waals surface area (Å²) in [6, 6.07) is 13.7. The molecule has 160 valence electrons. The van der Waals surface area contributed by atoms with Crippen LogP contribution in [0.3, 0.4) is 0 Å². The van der Waals surface area contributed by atoms with Crippen molar-refractivity contribution in [3.8, 4) is 17.0 Å². The SMILES string of the molecule is COc1ccc(-c2cccc(N3CCN(C(N)CN(CC=O)C(=O)O)CC3)n2)cc1. The first kappa shape index (κ1) is 21.5. The first-order chi connectivity index (χ1) is 14.5. The summed E-state index contributed by atoms with van der Waals surface area (Å²) in [6.45, 7) is 2.75. The van der Waals surface area contributed by atoms with Crippen LogP contribution in [0.5, 0.6) is 5.75 Å². The van der Waals surface area contributed by atoms with Crippen LogP contribution in [0.25, 0.3) is 11.3 Å². The lowest BCUT2D eigenvalue weighted by Gasteiger charge is -2.39. The molecule has 1 aromatic carbocycles. The Bertz CT molecular complexity index is 853. The van der Waals surface area contributed by atoms with E-state index in [1.54, 1.807) is 7.11 Å². The fourth-order valence-corrected chi connectivity index (χ4v) is 3.47. The Kier molecular flexibility index (Phi) is 7.21. The third kappa shape index (κ3) is 5.25. The maximum Gasteiger partial charge on any atom is 0.407 e. The number of carboxylic acid groups (broad SMARTS) is 1. The quantitative estimate of drug-likeness (QED) is 0.624. The standard InChI is InChI=1S/C21H27N5O4/c1-30-17-7-5-16(6-8-17)18-3-2-4-20(23-18)25-11-9-24(10-12-25)19(22)15-26(13-14-27)21(28)29/h2-8,14,19H,9-13,15,22H2,1H3,(H,28,29). The van der Waals surface area contributed by atoms with Gasteiger partial charge in [-0.2, -0.15) is 0 Å².